The zero-order valence-electron chi connectivity index (χ0n) is 16.2. The molecule has 10 heteroatoms. The summed E-state index contributed by atoms with van der Waals surface area (Å²) >= 11 is 1.16. The molecule has 1 aromatic heterocycles. The summed E-state index contributed by atoms with van der Waals surface area (Å²) < 4.78 is 50.6. The predicted molar refractivity (Wildman–Crippen MR) is 110 cm³/mol. The lowest BCUT2D eigenvalue weighted by atomic mass is 10.1. The molecule has 162 valence electrons. The van der Waals surface area contributed by atoms with Crippen molar-refractivity contribution in [1.82, 2.24) is 0 Å². The van der Waals surface area contributed by atoms with Crippen LogP contribution in [0.5, 0.6) is 5.75 Å². The van der Waals surface area contributed by atoms with Crippen molar-refractivity contribution in [3.8, 4) is 5.75 Å². The Bertz CT molecular complexity index is 1070. The van der Waals surface area contributed by atoms with Crippen LogP contribution in [-0.4, -0.2) is 24.7 Å². The van der Waals surface area contributed by atoms with E-state index in [-0.39, 0.29) is 17.2 Å². The number of nitrogens with one attached hydrogen (secondary N) is 2. The van der Waals surface area contributed by atoms with E-state index in [1.807, 2.05) is 0 Å². The van der Waals surface area contributed by atoms with Gasteiger partial charge in [-0.25, -0.2) is 0 Å². The van der Waals surface area contributed by atoms with Gasteiger partial charge in [0.25, 0.3) is 5.91 Å². The SMILES string of the molecule is COc1cccc(SCC(=O)Nc2ccc(NC(=O)c3ccco3)cc2C(F)(F)F)c1. The lowest BCUT2D eigenvalue weighted by molar-refractivity contribution is -0.136. The zero-order valence-corrected chi connectivity index (χ0v) is 17.0. The van der Waals surface area contributed by atoms with Crippen LogP contribution in [0.15, 0.2) is 70.2 Å². The number of thioether (sulfide) groups is 1. The Morgan fingerprint density at radius 2 is 1.87 bits per heavy atom. The van der Waals surface area contributed by atoms with Crippen molar-refractivity contribution in [3.63, 3.8) is 0 Å². The Morgan fingerprint density at radius 3 is 2.55 bits per heavy atom. The highest BCUT2D eigenvalue weighted by atomic mass is 32.2. The number of ether oxygens (including phenoxy) is 1. The van der Waals surface area contributed by atoms with Crippen molar-refractivity contribution in [1.29, 1.82) is 0 Å². The van der Waals surface area contributed by atoms with E-state index in [2.05, 4.69) is 10.6 Å². The first kappa shape index (κ1) is 22.3. The highest BCUT2D eigenvalue weighted by Crippen LogP contribution is 2.37. The summed E-state index contributed by atoms with van der Waals surface area (Å²) in [5.41, 5.74) is -1.57. The normalized spacial score (nSPS) is 11.1. The molecule has 31 heavy (non-hydrogen) atoms. The van der Waals surface area contributed by atoms with Crippen LogP contribution in [0.4, 0.5) is 24.5 Å². The molecule has 3 aromatic rings. The first-order valence-electron chi connectivity index (χ1n) is 8.89. The highest BCUT2D eigenvalue weighted by molar-refractivity contribution is 8.00. The molecule has 2 N–H and O–H groups in total. The molecule has 2 amide bonds. The molecule has 0 bridgehead atoms. The number of halogens is 3. The summed E-state index contributed by atoms with van der Waals surface area (Å²) in [6.45, 7) is 0. The molecule has 0 atom stereocenters. The van der Waals surface area contributed by atoms with Gasteiger partial charge in [0.2, 0.25) is 5.91 Å². The first-order valence-corrected chi connectivity index (χ1v) is 9.87. The van der Waals surface area contributed by atoms with E-state index in [1.165, 1.54) is 31.6 Å². The van der Waals surface area contributed by atoms with E-state index in [1.54, 1.807) is 24.3 Å². The number of methoxy groups -OCH3 is 1. The molecular weight excluding hydrogens is 433 g/mol. The number of hydrogen-bond donors (Lipinski definition) is 2. The Morgan fingerprint density at radius 1 is 1.06 bits per heavy atom. The third-order valence-corrected chi connectivity index (χ3v) is 5.01. The van der Waals surface area contributed by atoms with Gasteiger partial charge in [-0.1, -0.05) is 6.07 Å². The molecule has 0 radical (unpaired) electrons. The largest absolute Gasteiger partial charge is 0.497 e. The molecule has 0 unspecified atom stereocenters. The summed E-state index contributed by atoms with van der Waals surface area (Å²) in [5.74, 6) is -0.825. The Labute approximate surface area is 179 Å². The quantitative estimate of drug-likeness (QED) is 0.478. The van der Waals surface area contributed by atoms with E-state index in [9.17, 15) is 22.8 Å². The van der Waals surface area contributed by atoms with Crippen LogP contribution in [-0.2, 0) is 11.0 Å². The molecule has 0 spiro atoms. The number of benzene rings is 2. The van der Waals surface area contributed by atoms with Crippen LogP contribution in [0.2, 0.25) is 0 Å². The number of rotatable bonds is 7. The topological polar surface area (TPSA) is 80.6 Å². The van der Waals surface area contributed by atoms with Crippen LogP contribution in [0, 0.1) is 0 Å². The molecule has 6 nitrogen and oxygen atoms in total. The Hall–Kier alpha value is -3.40. The minimum Gasteiger partial charge on any atom is -0.497 e. The maximum Gasteiger partial charge on any atom is 0.418 e. The fourth-order valence-corrected chi connectivity index (χ4v) is 3.34. The van der Waals surface area contributed by atoms with Gasteiger partial charge >= 0.3 is 6.18 Å². The van der Waals surface area contributed by atoms with Crippen molar-refractivity contribution in [2.45, 2.75) is 11.1 Å². The number of alkyl halides is 3. The minimum atomic E-state index is -4.74. The molecule has 0 aliphatic carbocycles. The van der Waals surface area contributed by atoms with E-state index in [0.29, 0.717) is 5.75 Å². The first-order chi connectivity index (χ1) is 14.8. The standard InChI is InChI=1S/C21H17F3N2O4S/c1-29-14-4-2-5-15(11-14)31-12-19(27)26-17-8-7-13(10-16(17)21(22,23)24)25-20(28)18-6-3-9-30-18/h2-11H,12H2,1H3,(H,25,28)(H,26,27). The molecule has 3 rings (SSSR count). The number of hydrogen-bond acceptors (Lipinski definition) is 5. The second-order valence-electron chi connectivity index (χ2n) is 6.21. The number of carbonyl (C=O) groups is 2. The summed E-state index contributed by atoms with van der Waals surface area (Å²) in [5, 5.41) is 4.62. The summed E-state index contributed by atoms with van der Waals surface area (Å²) in [4.78, 5) is 25.0. The van der Waals surface area contributed by atoms with Gasteiger partial charge in [-0.15, -0.1) is 11.8 Å². The lowest BCUT2D eigenvalue weighted by Crippen LogP contribution is -2.19. The molecule has 0 aliphatic rings. The van der Waals surface area contributed by atoms with Crippen molar-refractivity contribution < 1.29 is 31.9 Å². The van der Waals surface area contributed by atoms with Crippen LogP contribution in [0.3, 0.4) is 0 Å². The minimum absolute atomic E-state index is 0.0412. The van der Waals surface area contributed by atoms with Gasteiger partial charge < -0.3 is 19.8 Å². The average molecular weight is 450 g/mol. The van der Waals surface area contributed by atoms with E-state index in [0.717, 1.165) is 28.8 Å². The van der Waals surface area contributed by atoms with Gasteiger partial charge in [0.15, 0.2) is 5.76 Å². The van der Waals surface area contributed by atoms with Gasteiger partial charge in [0.1, 0.15) is 5.75 Å². The van der Waals surface area contributed by atoms with Gasteiger partial charge in [0, 0.05) is 10.6 Å². The fourth-order valence-electron chi connectivity index (χ4n) is 2.59. The van der Waals surface area contributed by atoms with E-state index in [4.69, 9.17) is 9.15 Å². The van der Waals surface area contributed by atoms with Crippen LogP contribution in [0.25, 0.3) is 0 Å². The maximum absolute atomic E-state index is 13.5. The molecule has 0 fully saturated rings. The van der Waals surface area contributed by atoms with E-state index < -0.39 is 29.2 Å². The molecule has 0 saturated carbocycles. The van der Waals surface area contributed by atoms with Crippen LogP contribution >= 0.6 is 11.8 Å². The smallest absolute Gasteiger partial charge is 0.418 e. The van der Waals surface area contributed by atoms with Crippen molar-refractivity contribution in [3.05, 3.63) is 72.2 Å². The number of anilines is 2. The van der Waals surface area contributed by atoms with Gasteiger partial charge in [-0.05, 0) is 48.5 Å². The molecule has 2 aromatic carbocycles. The Kier molecular flexibility index (Phi) is 6.91. The maximum atomic E-state index is 13.5. The fraction of sp³-hybridized carbons (Fsp3) is 0.143. The summed E-state index contributed by atoms with van der Waals surface area (Å²) in [6.07, 6.45) is -3.47. The zero-order chi connectivity index (χ0) is 22.4. The lowest BCUT2D eigenvalue weighted by Gasteiger charge is -2.15. The molecule has 0 aliphatic heterocycles. The van der Waals surface area contributed by atoms with Crippen LogP contribution < -0.4 is 15.4 Å². The monoisotopic (exact) mass is 450 g/mol. The summed E-state index contributed by atoms with van der Waals surface area (Å²) in [7, 11) is 1.51. The van der Waals surface area contributed by atoms with Gasteiger partial charge in [0.05, 0.1) is 30.4 Å². The Balaban J connectivity index is 1.70. The molecule has 1 heterocycles. The highest BCUT2D eigenvalue weighted by Gasteiger charge is 2.34. The number of carbonyl (C=O) groups excluding carboxylic acids is 2. The second kappa shape index (κ2) is 9.61. The van der Waals surface area contributed by atoms with E-state index >= 15 is 0 Å². The van der Waals surface area contributed by atoms with Crippen molar-refractivity contribution >= 4 is 35.0 Å². The summed E-state index contributed by atoms with van der Waals surface area (Å²) in [6, 6.07) is 12.9. The van der Waals surface area contributed by atoms with Crippen molar-refractivity contribution in [2.75, 3.05) is 23.5 Å². The number of amides is 2. The van der Waals surface area contributed by atoms with Crippen LogP contribution in [0.1, 0.15) is 16.1 Å². The van der Waals surface area contributed by atoms with Crippen molar-refractivity contribution in [2.24, 2.45) is 0 Å². The molecular formula is C21H17F3N2O4S. The average Bonchev–Trinajstić information content (AvgIpc) is 3.28. The predicted octanol–water partition coefficient (Wildman–Crippen LogP) is 5.29. The third-order valence-electron chi connectivity index (χ3n) is 4.01. The van der Waals surface area contributed by atoms with Gasteiger partial charge in [-0.3, -0.25) is 9.59 Å². The van der Waals surface area contributed by atoms with Gasteiger partial charge in [-0.2, -0.15) is 13.2 Å². The second-order valence-corrected chi connectivity index (χ2v) is 7.25. The third kappa shape index (κ3) is 6.05. The molecule has 0 saturated heterocycles. The number of furan rings is 1.